The molecule has 1 unspecified atom stereocenters. The molecule has 0 bridgehead atoms. The monoisotopic (exact) mass is 467 g/mol. The third-order valence-corrected chi connectivity index (χ3v) is 6.87. The number of aliphatic hydroxyl groups is 1. The summed E-state index contributed by atoms with van der Waals surface area (Å²) in [7, 11) is -2.11. The number of sulfonamides is 1. The van der Waals surface area contributed by atoms with Crippen molar-refractivity contribution in [3.63, 3.8) is 0 Å². The van der Waals surface area contributed by atoms with E-state index in [1.54, 1.807) is 40.9 Å². The molecule has 3 aromatic rings. The van der Waals surface area contributed by atoms with Crippen LogP contribution in [0.5, 0.6) is 0 Å². The van der Waals surface area contributed by atoms with Crippen LogP contribution < -0.4 is 4.72 Å². The van der Waals surface area contributed by atoms with Crippen molar-refractivity contribution >= 4 is 55.7 Å². The standard InChI is InChI=1S/C20H19Cl2N3O4S/c1-24-11-18(20(27)25-5-4-15(26)10-25)17-3-2-14(9-19(17)24)23-30(28,29)16-7-12(21)6-13(22)8-16/h2-3,6-9,11,15,23,26H,4-5,10H2,1H3. The Morgan fingerprint density at radius 1 is 1.17 bits per heavy atom. The number of hydrogen-bond acceptors (Lipinski definition) is 4. The number of halogens is 2. The Labute approximate surface area is 183 Å². The first-order valence-electron chi connectivity index (χ1n) is 9.19. The number of β-amino-alcohol motifs (C(OH)–C–C–N with tert-alkyl or cyclic N) is 1. The number of nitrogens with one attached hydrogen (secondary N) is 1. The second kappa shape index (κ2) is 7.77. The molecule has 2 aromatic carbocycles. The van der Waals surface area contributed by atoms with E-state index in [2.05, 4.69) is 4.72 Å². The Morgan fingerprint density at radius 2 is 1.87 bits per heavy atom. The van der Waals surface area contributed by atoms with Gasteiger partial charge >= 0.3 is 0 Å². The van der Waals surface area contributed by atoms with E-state index in [1.165, 1.54) is 18.2 Å². The van der Waals surface area contributed by atoms with E-state index < -0.39 is 16.1 Å². The lowest BCUT2D eigenvalue weighted by molar-refractivity contribution is 0.0766. The highest BCUT2D eigenvalue weighted by Gasteiger charge is 2.27. The summed E-state index contributed by atoms with van der Waals surface area (Å²) in [6, 6.07) is 9.06. The molecule has 2 heterocycles. The van der Waals surface area contributed by atoms with E-state index in [4.69, 9.17) is 23.2 Å². The average molecular weight is 468 g/mol. The number of aryl methyl sites for hydroxylation is 1. The molecule has 0 aliphatic carbocycles. The van der Waals surface area contributed by atoms with Gasteiger partial charge < -0.3 is 14.6 Å². The van der Waals surface area contributed by atoms with E-state index in [-0.39, 0.29) is 20.8 Å². The zero-order valence-electron chi connectivity index (χ0n) is 16.0. The zero-order chi connectivity index (χ0) is 21.6. The van der Waals surface area contributed by atoms with Crippen molar-refractivity contribution in [3.8, 4) is 0 Å². The highest BCUT2D eigenvalue weighted by Crippen LogP contribution is 2.28. The van der Waals surface area contributed by atoms with E-state index >= 15 is 0 Å². The summed E-state index contributed by atoms with van der Waals surface area (Å²) in [4.78, 5) is 14.4. The van der Waals surface area contributed by atoms with Gasteiger partial charge in [0.2, 0.25) is 0 Å². The summed E-state index contributed by atoms with van der Waals surface area (Å²) in [6.45, 7) is 0.825. The van der Waals surface area contributed by atoms with E-state index in [1.807, 2.05) is 0 Å². The minimum Gasteiger partial charge on any atom is -0.391 e. The number of fused-ring (bicyclic) bond motifs is 1. The highest BCUT2D eigenvalue weighted by atomic mass is 35.5. The van der Waals surface area contributed by atoms with Crippen LogP contribution in [0.4, 0.5) is 5.69 Å². The molecule has 158 valence electrons. The number of amides is 1. The topological polar surface area (TPSA) is 91.6 Å². The fraction of sp³-hybridized carbons (Fsp3) is 0.250. The van der Waals surface area contributed by atoms with Crippen molar-refractivity contribution in [1.29, 1.82) is 0 Å². The Morgan fingerprint density at radius 3 is 2.50 bits per heavy atom. The van der Waals surface area contributed by atoms with Crippen molar-refractivity contribution < 1.29 is 18.3 Å². The molecule has 0 spiro atoms. The van der Waals surface area contributed by atoms with Crippen LogP contribution in [0.3, 0.4) is 0 Å². The molecular formula is C20H19Cl2N3O4S. The van der Waals surface area contributed by atoms with E-state index in [0.29, 0.717) is 41.7 Å². The summed E-state index contributed by atoms with van der Waals surface area (Å²) in [5.41, 5.74) is 1.55. The zero-order valence-corrected chi connectivity index (χ0v) is 18.3. The molecule has 10 heteroatoms. The molecule has 30 heavy (non-hydrogen) atoms. The molecule has 7 nitrogen and oxygen atoms in total. The molecule has 2 N–H and O–H groups in total. The molecule has 1 aliphatic heterocycles. The van der Waals surface area contributed by atoms with Crippen molar-refractivity contribution in [1.82, 2.24) is 9.47 Å². The third-order valence-electron chi connectivity index (χ3n) is 5.07. The fourth-order valence-electron chi connectivity index (χ4n) is 3.61. The van der Waals surface area contributed by atoms with Crippen LogP contribution in [0.2, 0.25) is 10.0 Å². The number of likely N-dealkylation sites (tertiary alicyclic amines) is 1. The Kier molecular flexibility index (Phi) is 5.44. The lowest BCUT2D eigenvalue weighted by Crippen LogP contribution is -2.29. The largest absolute Gasteiger partial charge is 0.391 e. The Hall–Kier alpha value is -2.26. The number of anilines is 1. The predicted molar refractivity (Wildman–Crippen MR) is 117 cm³/mol. The molecule has 0 saturated carbocycles. The Bertz CT molecular complexity index is 1240. The highest BCUT2D eigenvalue weighted by molar-refractivity contribution is 7.92. The molecule has 1 atom stereocenters. The number of nitrogens with zero attached hydrogens (tertiary/aromatic N) is 2. The number of carbonyl (C=O) groups is 1. The van der Waals surface area contributed by atoms with Crippen LogP contribution in [0, 0.1) is 0 Å². The summed E-state index contributed by atoms with van der Waals surface area (Å²) >= 11 is 11.8. The van der Waals surface area contributed by atoms with Gasteiger partial charge in [-0.3, -0.25) is 9.52 Å². The van der Waals surface area contributed by atoms with Gasteiger partial charge in [-0.05, 0) is 42.8 Å². The van der Waals surface area contributed by atoms with Crippen molar-refractivity contribution in [2.45, 2.75) is 17.4 Å². The smallest absolute Gasteiger partial charge is 0.261 e. The first-order valence-corrected chi connectivity index (χ1v) is 11.4. The van der Waals surface area contributed by atoms with Gasteiger partial charge in [0, 0.05) is 41.8 Å². The van der Waals surface area contributed by atoms with E-state index in [0.717, 1.165) is 0 Å². The SMILES string of the molecule is Cn1cc(C(=O)N2CCC(O)C2)c2ccc(NS(=O)(=O)c3cc(Cl)cc(Cl)c3)cc21. The molecule has 1 aliphatic rings. The van der Waals surface area contributed by atoms with Gasteiger partial charge in [0.15, 0.2) is 0 Å². The molecule has 1 aromatic heterocycles. The molecule has 1 amide bonds. The van der Waals surface area contributed by atoms with Gasteiger partial charge in [0.1, 0.15) is 0 Å². The number of rotatable bonds is 4. The maximum Gasteiger partial charge on any atom is 0.261 e. The number of benzene rings is 2. The predicted octanol–water partition coefficient (Wildman–Crippen LogP) is 3.49. The maximum atomic E-state index is 12.8. The number of aliphatic hydroxyl groups excluding tert-OH is 1. The summed E-state index contributed by atoms with van der Waals surface area (Å²) < 4.78 is 29.7. The fourth-order valence-corrected chi connectivity index (χ4v) is 5.39. The quantitative estimate of drug-likeness (QED) is 0.614. The Balaban J connectivity index is 1.66. The first kappa shape index (κ1) is 21.0. The molecule has 0 radical (unpaired) electrons. The second-order valence-electron chi connectivity index (χ2n) is 7.29. The number of carbonyl (C=O) groups excluding carboxylic acids is 1. The number of hydrogen-bond donors (Lipinski definition) is 2. The van der Waals surface area contributed by atoms with Crippen LogP contribution in [0.15, 0.2) is 47.5 Å². The number of aromatic nitrogens is 1. The van der Waals surface area contributed by atoms with E-state index in [9.17, 15) is 18.3 Å². The minimum absolute atomic E-state index is 0.0459. The van der Waals surface area contributed by atoms with Gasteiger partial charge in [0.25, 0.3) is 15.9 Å². The molecular weight excluding hydrogens is 449 g/mol. The molecule has 1 fully saturated rings. The minimum atomic E-state index is -3.90. The van der Waals surface area contributed by atoms with Gasteiger partial charge in [-0.15, -0.1) is 0 Å². The third kappa shape index (κ3) is 4.00. The van der Waals surface area contributed by atoms with Gasteiger partial charge in [0.05, 0.1) is 27.8 Å². The van der Waals surface area contributed by atoms with Crippen LogP contribution in [0.1, 0.15) is 16.8 Å². The van der Waals surface area contributed by atoms with Crippen molar-refractivity contribution in [2.75, 3.05) is 17.8 Å². The lowest BCUT2D eigenvalue weighted by Gasteiger charge is -2.14. The van der Waals surface area contributed by atoms with Crippen LogP contribution >= 0.6 is 23.2 Å². The first-order chi connectivity index (χ1) is 14.1. The summed E-state index contributed by atoms with van der Waals surface area (Å²) in [6.07, 6.45) is 1.78. The summed E-state index contributed by atoms with van der Waals surface area (Å²) in [5, 5.41) is 10.8. The normalized spacial score (nSPS) is 16.9. The summed E-state index contributed by atoms with van der Waals surface area (Å²) in [5.74, 6) is -0.154. The van der Waals surface area contributed by atoms with Gasteiger partial charge in [-0.1, -0.05) is 23.2 Å². The van der Waals surface area contributed by atoms with Gasteiger partial charge in [-0.2, -0.15) is 0 Å². The van der Waals surface area contributed by atoms with Crippen LogP contribution in [-0.2, 0) is 17.1 Å². The van der Waals surface area contributed by atoms with Crippen LogP contribution in [-0.4, -0.2) is 48.1 Å². The van der Waals surface area contributed by atoms with Crippen molar-refractivity contribution in [3.05, 3.63) is 58.2 Å². The molecule has 4 rings (SSSR count). The van der Waals surface area contributed by atoms with Crippen molar-refractivity contribution in [2.24, 2.45) is 7.05 Å². The maximum absolute atomic E-state index is 12.8. The second-order valence-corrected chi connectivity index (χ2v) is 9.85. The van der Waals surface area contributed by atoms with Crippen LogP contribution in [0.25, 0.3) is 10.9 Å². The average Bonchev–Trinajstić information content (AvgIpc) is 3.24. The van der Waals surface area contributed by atoms with Gasteiger partial charge in [-0.25, -0.2) is 8.42 Å². The lowest BCUT2D eigenvalue weighted by atomic mass is 10.1. The molecule has 1 saturated heterocycles.